The molecule has 0 radical (unpaired) electrons. The van der Waals surface area contributed by atoms with E-state index in [0.717, 1.165) is 15.9 Å². The molecule has 1 aromatic carbocycles. The minimum Gasteiger partial charge on any atom is -0.497 e. The molecule has 0 bridgehead atoms. The summed E-state index contributed by atoms with van der Waals surface area (Å²) in [4.78, 5) is 8.57. The summed E-state index contributed by atoms with van der Waals surface area (Å²) in [6.07, 6.45) is 1.90. The highest BCUT2D eigenvalue weighted by molar-refractivity contribution is 9.10. The average Bonchev–Trinajstić information content (AvgIpc) is 2.46. The minimum absolute atomic E-state index is 0.550. The van der Waals surface area contributed by atoms with Crippen LogP contribution in [0.25, 0.3) is 0 Å². The van der Waals surface area contributed by atoms with Gasteiger partial charge in [0.05, 0.1) is 7.11 Å². The number of benzene rings is 1. The van der Waals surface area contributed by atoms with E-state index in [-0.39, 0.29) is 0 Å². The molecule has 0 aliphatic rings. The lowest BCUT2D eigenvalue weighted by Crippen LogP contribution is -2.10. The third kappa shape index (κ3) is 3.75. The predicted octanol–water partition coefficient (Wildman–Crippen LogP) is 3.00. The Morgan fingerprint density at radius 2 is 1.95 bits per heavy atom. The first kappa shape index (κ1) is 14.9. The quantitative estimate of drug-likeness (QED) is 0.329. The van der Waals surface area contributed by atoms with Gasteiger partial charge in [-0.15, -0.1) is 0 Å². The molecule has 1 heterocycles. The van der Waals surface area contributed by atoms with E-state index in [0.29, 0.717) is 16.8 Å². The van der Waals surface area contributed by atoms with Gasteiger partial charge in [0.25, 0.3) is 0 Å². The van der Waals surface area contributed by atoms with Gasteiger partial charge < -0.3 is 15.5 Å². The number of ether oxygens (including phenoxy) is 1. The largest absolute Gasteiger partial charge is 0.497 e. The predicted molar refractivity (Wildman–Crippen MR) is 85.6 cm³/mol. The van der Waals surface area contributed by atoms with Gasteiger partial charge in [-0.3, -0.25) is 0 Å². The van der Waals surface area contributed by atoms with E-state index < -0.39 is 0 Å². The van der Waals surface area contributed by atoms with Crippen molar-refractivity contribution >= 4 is 45.0 Å². The lowest BCUT2D eigenvalue weighted by molar-refractivity contribution is 0.415. The van der Waals surface area contributed by atoms with Crippen molar-refractivity contribution in [1.82, 2.24) is 9.97 Å². The molecule has 8 heteroatoms. The fourth-order valence-electron chi connectivity index (χ4n) is 1.56. The molecule has 0 aliphatic carbocycles. The Morgan fingerprint density at radius 3 is 2.60 bits per heavy atom. The molecule has 0 unspecified atom stereocenters. The lowest BCUT2D eigenvalue weighted by atomic mass is 10.3. The maximum absolute atomic E-state index is 5.40. The van der Waals surface area contributed by atoms with E-state index in [2.05, 4.69) is 36.6 Å². The SMILES string of the molecule is COc1cc(Br)cc(Nc2cc(NN)nc(SC)n2)c1. The average molecular weight is 356 g/mol. The van der Waals surface area contributed by atoms with Crippen LogP contribution in [0.1, 0.15) is 0 Å². The maximum Gasteiger partial charge on any atom is 0.191 e. The summed E-state index contributed by atoms with van der Waals surface area (Å²) in [7, 11) is 1.62. The van der Waals surface area contributed by atoms with Crippen molar-refractivity contribution in [3.8, 4) is 5.75 Å². The second-order valence-electron chi connectivity index (χ2n) is 3.77. The summed E-state index contributed by atoms with van der Waals surface area (Å²) in [5.41, 5.74) is 3.38. The third-order valence-electron chi connectivity index (χ3n) is 2.42. The van der Waals surface area contributed by atoms with E-state index in [1.807, 2.05) is 24.5 Å². The van der Waals surface area contributed by atoms with Crippen molar-refractivity contribution in [2.45, 2.75) is 5.16 Å². The number of hydrogen-bond donors (Lipinski definition) is 3. The number of nitrogens with two attached hydrogens (primary N) is 1. The van der Waals surface area contributed by atoms with Gasteiger partial charge in [-0.2, -0.15) is 0 Å². The van der Waals surface area contributed by atoms with E-state index in [1.165, 1.54) is 11.8 Å². The van der Waals surface area contributed by atoms with Gasteiger partial charge in [-0.25, -0.2) is 15.8 Å². The monoisotopic (exact) mass is 355 g/mol. The van der Waals surface area contributed by atoms with Crippen LogP contribution in [-0.2, 0) is 0 Å². The van der Waals surface area contributed by atoms with Gasteiger partial charge in [-0.1, -0.05) is 27.7 Å². The van der Waals surface area contributed by atoms with Gasteiger partial charge in [0.1, 0.15) is 17.4 Å². The zero-order valence-corrected chi connectivity index (χ0v) is 13.4. The Labute approximate surface area is 129 Å². The summed E-state index contributed by atoms with van der Waals surface area (Å²) < 4.78 is 6.14. The van der Waals surface area contributed by atoms with E-state index >= 15 is 0 Å². The number of nitrogens with one attached hydrogen (secondary N) is 2. The topological polar surface area (TPSA) is 85.1 Å². The first-order valence-corrected chi connectivity index (χ1v) is 7.67. The van der Waals surface area contributed by atoms with Crippen LogP contribution < -0.4 is 21.3 Å². The highest BCUT2D eigenvalue weighted by atomic mass is 79.9. The first-order chi connectivity index (χ1) is 9.64. The highest BCUT2D eigenvalue weighted by Crippen LogP contribution is 2.27. The smallest absolute Gasteiger partial charge is 0.191 e. The number of halogens is 1. The van der Waals surface area contributed by atoms with Gasteiger partial charge >= 0.3 is 0 Å². The maximum atomic E-state index is 5.40. The van der Waals surface area contributed by atoms with Crippen molar-refractivity contribution in [3.63, 3.8) is 0 Å². The number of anilines is 3. The van der Waals surface area contributed by atoms with Gasteiger partial charge in [0.2, 0.25) is 0 Å². The van der Waals surface area contributed by atoms with Crippen LogP contribution in [0, 0.1) is 0 Å². The molecule has 0 fully saturated rings. The molecule has 0 aliphatic heterocycles. The van der Waals surface area contributed by atoms with Crippen molar-refractivity contribution in [3.05, 3.63) is 28.7 Å². The van der Waals surface area contributed by atoms with Gasteiger partial charge in [-0.05, 0) is 18.4 Å². The molecule has 2 rings (SSSR count). The van der Waals surface area contributed by atoms with E-state index in [4.69, 9.17) is 10.6 Å². The van der Waals surface area contributed by atoms with Gasteiger partial charge in [0.15, 0.2) is 5.16 Å². The van der Waals surface area contributed by atoms with Crippen molar-refractivity contribution in [1.29, 1.82) is 0 Å². The number of hydrazine groups is 1. The number of nitrogens with zero attached hydrogens (tertiary/aromatic N) is 2. The highest BCUT2D eigenvalue weighted by Gasteiger charge is 2.05. The summed E-state index contributed by atoms with van der Waals surface area (Å²) in [6, 6.07) is 7.42. The Bertz CT molecular complexity index is 588. The molecule has 0 atom stereocenters. The summed E-state index contributed by atoms with van der Waals surface area (Å²) in [6.45, 7) is 0. The second-order valence-corrected chi connectivity index (χ2v) is 5.46. The molecule has 0 saturated carbocycles. The van der Waals surface area contributed by atoms with Crippen LogP contribution in [0.3, 0.4) is 0 Å². The molecule has 0 spiro atoms. The standard InChI is InChI=1S/C12H14BrN5OS/c1-19-9-4-7(13)3-8(5-9)15-10-6-11(18-14)17-12(16-10)20-2/h3-6H,14H2,1-2H3,(H2,15,16,17,18). The molecule has 4 N–H and O–H groups in total. The van der Waals surface area contributed by atoms with E-state index in [9.17, 15) is 0 Å². The second kappa shape index (κ2) is 6.78. The summed E-state index contributed by atoms with van der Waals surface area (Å²) >= 11 is 4.88. The fourth-order valence-corrected chi connectivity index (χ4v) is 2.41. The van der Waals surface area contributed by atoms with Crippen molar-refractivity contribution < 1.29 is 4.74 Å². The molecule has 0 saturated heterocycles. The molecule has 20 heavy (non-hydrogen) atoms. The Hall–Kier alpha value is -1.51. The summed E-state index contributed by atoms with van der Waals surface area (Å²) in [5, 5.41) is 3.83. The normalized spacial score (nSPS) is 10.2. The lowest BCUT2D eigenvalue weighted by Gasteiger charge is -2.10. The van der Waals surface area contributed by atoms with Crippen LogP contribution in [0.4, 0.5) is 17.3 Å². The Morgan fingerprint density at radius 1 is 1.20 bits per heavy atom. The first-order valence-electron chi connectivity index (χ1n) is 5.66. The molecule has 106 valence electrons. The number of methoxy groups -OCH3 is 1. The Kier molecular flexibility index (Phi) is 5.05. The molecular formula is C12H14BrN5OS. The number of rotatable bonds is 5. The van der Waals surface area contributed by atoms with E-state index in [1.54, 1.807) is 13.2 Å². The molecule has 6 nitrogen and oxygen atoms in total. The molecule has 2 aromatic rings. The van der Waals surface area contributed by atoms with Gasteiger partial charge in [0, 0.05) is 22.3 Å². The zero-order valence-electron chi connectivity index (χ0n) is 11.0. The van der Waals surface area contributed by atoms with Crippen LogP contribution in [0.15, 0.2) is 33.9 Å². The zero-order chi connectivity index (χ0) is 14.5. The Balaban J connectivity index is 2.31. The molecular weight excluding hydrogens is 342 g/mol. The van der Waals surface area contributed by atoms with Crippen LogP contribution in [-0.4, -0.2) is 23.3 Å². The summed E-state index contributed by atoms with van der Waals surface area (Å²) in [5.74, 6) is 7.35. The molecule has 1 aromatic heterocycles. The van der Waals surface area contributed by atoms with Crippen LogP contribution in [0.2, 0.25) is 0 Å². The van der Waals surface area contributed by atoms with Crippen molar-refractivity contribution in [2.24, 2.45) is 5.84 Å². The van der Waals surface area contributed by atoms with Crippen molar-refractivity contribution in [2.75, 3.05) is 24.1 Å². The number of thioether (sulfide) groups is 1. The van der Waals surface area contributed by atoms with Crippen LogP contribution in [0.5, 0.6) is 5.75 Å². The van der Waals surface area contributed by atoms with Crippen LogP contribution >= 0.6 is 27.7 Å². The number of aromatic nitrogens is 2. The third-order valence-corrected chi connectivity index (χ3v) is 3.42. The number of hydrogen-bond acceptors (Lipinski definition) is 7. The minimum atomic E-state index is 0.550. The fraction of sp³-hybridized carbons (Fsp3) is 0.167. The molecule has 0 amide bonds. The number of nitrogen functional groups attached to an aromatic ring is 1.